The van der Waals surface area contributed by atoms with Gasteiger partial charge in [0.25, 0.3) is 0 Å². The highest BCUT2D eigenvalue weighted by Gasteiger charge is 2.29. The molecule has 1 aromatic carbocycles. The summed E-state index contributed by atoms with van der Waals surface area (Å²) >= 11 is 0. The van der Waals surface area contributed by atoms with Gasteiger partial charge in [-0.1, -0.05) is 25.7 Å². The van der Waals surface area contributed by atoms with Crippen LogP contribution in [0.2, 0.25) is 0 Å². The SMILES string of the molecule is CCOC(=O)CCCC(C#Cc1cc2c(cc1C)OCCC2(C)C)c1cccnn1. The molecule has 0 spiro atoms. The molecule has 5 heteroatoms. The summed E-state index contributed by atoms with van der Waals surface area (Å²) in [6, 6.07) is 8.07. The van der Waals surface area contributed by atoms with E-state index in [1.807, 2.05) is 19.1 Å². The lowest BCUT2D eigenvalue weighted by atomic mass is 9.78. The van der Waals surface area contributed by atoms with Crippen molar-refractivity contribution in [3.63, 3.8) is 0 Å². The van der Waals surface area contributed by atoms with Gasteiger partial charge < -0.3 is 9.47 Å². The fourth-order valence-electron chi connectivity index (χ4n) is 3.66. The number of hydrogen-bond donors (Lipinski definition) is 0. The minimum absolute atomic E-state index is 0.0711. The summed E-state index contributed by atoms with van der Waals surface area (Å²) in [5.41, 5.74) is 4.21. The van der Waals surface area contributed by atoms with Gasteiger partial charge in [-0.05, 0) is 68.4 Å². The molecular weight excluding hydrogens is 376 g/mol. The maximum atomic E-state index is 11.7. The van der Waals surface area contributed by atoms with E-state index in [1.165, 1.54) is 5.56 Å². The Bertz CT molecular complexity index is 942. The van der Waals surface area contributed by atoms with Crippen molar-refractivity contribution in [2.45, 2.75) is 64.7 Å². The van der Waals surface area contributed by atoms with Gasteiger partial charge in [-0.25, -0.2) is 0 Å². The Balaban J connectivity index is 1.84. The Morgan fingerprint density at radius 3 is 2.93 bits per heavy atom. The van der Waals surface area contributed by atoms with Crippen LogP contribution in [0.25, 0.3) is 0 Å². The van der Waals surface area contributed by atoms with Gasteiger partial charge in [-0.15, -0.1) is 0 Å². The molecule has 1 aromatic heterocycles. The van der Waals surface area contributed by atoms with Crippen LogP contribution >= 0.6 is 0 Å². The molecule has 2 heterocycles. The molecule has 1 aliphatic heterocycles. The fourth-order valence-corrected chi connectivity index (χ4v) is 3.66. The van der Waals surface area contributed by atoms with Crippen molar-refractivity contribution >= 4 is 5.97 Å². The molecule has 0 N–H and O–H groups in total. The van der Waals surface area contributed by atoms with Crippen LogP contribution in [0.3, 0.4) is 0 Å². The first kappa shape index (κ1) is 21.8. The van der Waals surface area contributed by atoms with Gasteiger partial charge in [-0.2, -0.15) is 10.2 Å². The van der Waals surface area contributed by atoms with Crippen LogP contribution in [-0.4, -0.2) is 29.4 Å². The molecule has 0 saturated heterocycles. The Morgan fingerprint density at radius 1 is 1.37 bits per heavy atom. The van der Waals surface area contributed by atoms with Crippen molar-refractivity contribution in [2.24, 2.45) is 0 Å². The van der Waals surface area contributed by atoms with Crippen molar-refractivity contribution in [2.75, 3.05) is 13.2 Å². The van der Waals surface area contributed by atoms with Crippen LogP contribution < -0.4 is 4.74 Å². The van der Waals surface area contributed by atoms with E-state index in [4.69, 9.17) is 9.47 Å². The highest BCUT2D eigenvalue weighted by atomic mass is 16.5. The average molecular weight is 407 g/mol. The van der Waals surface area contributed by atoms with E-state index in [2.05, 4.69) is 54.9 Å². The highest BCUT2D eigenvalue weighted by Crippen LogP contribution is 2.39. The van der Waals surface area contributed by atoms with Crippen LogP contribution in [0, 0.1) is 18.8 Å². The monoisotopic (exact) mass is 406 g/mol. The van der Waals surface area contributed by atoms with E-state index in [-0.39, 0.29) is 17.3 Å². The van der Waals surface area contributed by atoms with Crippen LogP contribution in [0.1, 0.15) is 74.8 Å². The van der Waals surface area contributed by atoms with Crippen LogP contribution in [-0.2, 0) is 14.9 Å². The molecule has 30 heavy (non-hydrogen) atoms. The second-order valence-electron chi connectivity index (χ2n) is 8.31. The standard InChI is InChI=1S/C25H30N2O3/c1-5-29-24(28)10-6-8-19(22-9-7-14-26-27-22)11-12-20-17-21-23(16-18(20)2)30-15-13-25(21,3)4/h7,9,14,16-17,19H,5-6,8,10,13,15H2,1-4H3. The van der Waals surface area contributed by atoms with Crippen LogP contribution in [0.4, 0.5) is 0 Å². The second-order valence-corrected chi connectivity index (χ2v) is 8.31. The molecule has 1 unspecified atom stereocenters. The average Bonchev–Trinajstić information content (AvgIpc) is 2.71. The lowest BCUT2D eigenvalue weighted by Crippen LogP contribution is -2.26. The van der Waals surface area contributed by atoms with E-state index in [9.17, 15) is 4.79 Å². The van der Waals surface area contributed by atoms with E-state index in [0.29, 0.717) is 19.4 Å². The quantitative estimate of drug-likeness (QED) is 0.513. The molecule has 0 aliphatic carbocycles. The number of ether oxygens (including phenoxy) is 2. The molecule has 0 radical (unpaired) electrons. The zero-order chi connectivity index (χ0) is 21.6. The summed E-state index contributed by atoms with van der Waals surface area (Å²) in [6.07, 6.45) is 4.45. The number of nitrogens with zero attached hydrogens (tertiary/aromatic N) is 2. The van der Waals surface area contributed by atoms with Gasteiger partial charge in [0.05, 0.1) is 24.8 Å². The van der Waals surface area contributed by atoms with Crippen molar-refractivity contribution in [3.05, 3.63) is 52.8 Å². The largest absolute Gasteiger partial charge is 0.493 e. The van der Waals surface area contributed by atoms with Crippen molar-refractivity contribution in [3.8, 4) is 17.6 Å². The number of carbonyl (C=O) groups is 1. The molecule has 2 aromatic rings. The molecule has 0 fully saturated rings. The zero-order valence-corrected chi connectivity index (χ0v) is 18.3. The third-order valence-electron chi connectivity index (χ3n) is 5.55. The fraction of sp³-hybridized carbons (Fsp3) is 0.480. The first-order chi connectivity index (χ1) is 14.4. The normalized spacial score (nSPS) is 15.2. The number of esters is 1. The van der Waals surface area contributed by atoms with E-state index < -0.39 is 0 Å². The smallest absolute Gasteiger partial charge is 0.305 e. The van der Waals surface area contributed by atoms with Gasteiger partial charge in [0.2, 0.25) is 0 Å². The zero-order valence-electron chi connectivity index (χ0n) is 18.3. The lowest BCUT2D eigenvalue weighted by molar-refractivity contribution is -0.143. The molecule has 158 valence electrons. The summed E-state index contributed by atoms with van der Waals surface area (Å²) < 4.78 is 10.9. The summed E-state index contributed by atoms with van der Waals surface area (Å²) in [5.74, 6) is 7.47. The first-order valence-corrected chi connectivity index (χ1v) is 10.6. The molecule has 1 aliphatic rings. The Labute approximate surface area is 179 Å². The molecular formula is C25H30N2O3. The summed E-state index contributed by atoms with van der Waals surface area (Å²) in [6.45, 7) is 9.53. The molecule has 0 saturated carbocycles. The number of aromatic nitrogens is 2. The topological polar surface area (TPSA) is 61.3 Å². The Kier molecular flexibility index (Phi) is 7.10. The predicted octanol–water partition coefficient (Wildman–Crippen LogP) is 4.71. The van der Waals surface area contributed by atoms with E-state index in [1.54, 1.807) is 6.20 Å². The van der Waals surface area contributed by atoms with Gasteiger partial charge >= 0.3 is 5.97 Å². The number of hydrogen-bond acceptors (Lipinski definition) is 5. The van der Waals surface area contributed by atoms with Crippen molar-refractivity contribution < 1.29 is 14.3 Å². The number of fused-ring (bicyclic) bond motifs is 1. The van der Waals surface area contributed by atoms with E-state index >= 15 is 0 Å². The third kappa shape index (κ3) is 5.38. The summed E-state index contributed by atoms with van der Waals surface area (Å²) in [5, 5.41) is 8.25. The summed E-state index contributed by atoms with van der Waals surface area (Å²) in [7, 11) is 0. The van der Waals surface area contributed by atoms with Crippen LogP contribution in [0.15, 0.2) is 30.5 Å². The Hall–Kier alpha value is -2.87. The number of carbonyl (C=O) groups excluding carboxylic acids is 1. The molecule has 1 atom stereocenters. The minimum Gasteiger partial charge on any atom is -0.493 e. The van der Waals surface area contributed by atoms with Crippen molar-refractivity contribution in [1.29, 1.82) is 0 Å². The maximum Gasteiger partial charge on any atom is 0.305 e. The van der Waals surface area contributed by atoms with Crippen LogP contribution in [0.5, 0.6) is 5.75 Å². The highest BCUT2D eigenvalue weighted by molar-refractivity contribution is 5.69. The van der Waals surface area contributed by atoms with Gasteiger partial charge in [-0.3, -0.25) is 4.79 Å². The molecule has 0 amide bonds. The first-order valence-electron chi connectivity index (χ1n) is 10.6. The molecule has 3 rings (SSSR count). The van der Waals surface area contributed by atoms with Crippen molar-refractivity contribution in [1.82, 2.24) is 10.2 Å². The molecule has 5 nitrogen and oxygen atoms in total. The van der Waals surface area contributed by atoms with Gasteiger partial charge in [0.1, 0.15) is 5.75 Å². The van der Waals surface area contributed by atoms with E-state index in [0.717, 1.165) is 42.0 Å². The minimum atomic E-state index is -0.170. The molecule has 0 bridgehead atoms. The number of benzene rings is 1. The summed E-state index contributed by atoms with van der Waals surface area (Å²) in [4.78, 5) is 11.7. The lowest BCUT2D eigenvalue weighted by Gasteiger charge is -2.33. The number of aryl methyl sites for hydroxylation is 1. The predicted molar refractivity (Wildman–Crippen MR) is 116 cm³/mol. The Morgan fingerprint density at radius 2 is 2.20 bits per heavy atom. The second kappa shape index (κ2) is 9.75. The maximum absolute atomic E-state index is 11.7. The third-order valence-corrected chi connectivity index (χ3v) is 5.55. The van der Waals surface area contributed by atoms with Gasteiger partial charge in [0, 0.05) is 23.7 Å². The van der Waals surface area contributed by atoms with Gasteiger partial charge in [0.15, 0.2) is 0 Å². The number of rotatable bonds is 6.